The Balaban J connectivity index is 1.87. The first kappa shape index (κ1) is 20.9. The molecule has 0 bridgehead atoms. The number of carbonyl (C=O) groups is 1. The van der Waals surface area contributed by atoms with E-state index in [9.17, 15) is 22.4 Å². The molecule has 1 aliphatic carbocycles. The Labute approximate surface area is 161 Å². The number of nitrogens with one attached hydrogen (secondary N) is 1. The van der Waals surface area contributed by atoms with E-state index in [4.69, 9.17) is 10.5 Å². The van der Waals surface area contributed by atoms with Crippen LogP contribution in [0.3, 0.4) is 0 Å². The highest BCUT2D eigenvalue weighted by atomic mass is 19.2. The highest BCUT2D eigenvalue weighted by molar-refractivity contribution is 5.93. The Hall–Kier alpha value is -1.87. The van der Waals surface area contributed by atoms with Gasteiger partial charge < -0.3 is 20.7 Å². The Morgan fingerprint density at radius 3 is 1.96 bits per heavy atom. The third-order valence-electron chi connectivity index (χ3n) is 5.37. The predicted molar refractivity (Wildman–Crippen MR) is 97.1 cm³/mol. The molecule has 3 N–H and O–H groups in total. The van der Waals surface area contributed by atoms with Gasteiger partial charge in [0.2, 0.25) is 5.91 Å². The highest BCUT2D eigenvalue weighted by Gasteiger charge is 2.34. The summed E-state index contributed by atoms with van der Waals surface area (Å²) in [5, 5.41) is 2.04. The van der Waals surface area contributed by atoms with Gasteiger partial charge in [0, 0.05) is 25.0 Å². The van der Waals surface area contributed by atoms with E-state index >= 15 is 0 Å². The van der Waals surface area contributed by atoms with E-state index in [1.54, 1.807) is 13.8 Å². The number of anilines is 2. The maximum Gasteiger partial charge on any atom is 0.227 e. The van der Waals surface area contributed by atoms with Crippen molar-refractivity contribution in [2.75, 3.05) is 23.3 Å². The first-order valence-electron chi connectivity index (χ1n) is 9.51. The molecule has 156 valence electrons. The Morgan fingerprint density at radius 1 is 0.964 bits per heavy atom. The van der Waals surface area contributed by atoms with Crippen LogP contribution in [-0.4, -0.2) is 37.2 Å². The molecular weight excluding hydrogens is 378 g/mol. The topological polar surface area (TPSA) is 67.6 Å². The van der Waals surface area contributed by atoms with E-state index in [2.05, 4.69) is 0 Å². The molecule has 0 spiro atoms. The number of rotatable bonds is 3. The van der Waals surface area contributed by atoms with Crippen LogP contribution in [0.1, 0.15) is 39.5 Å². The van der Waals surface area contributed by atoms with Gasteiger partial charge in [-0.15, -0.1) is 0 Å². The van der Waals surface area contributed by atoms with E-state index in [0.29, 0.717) is 25.7 Å². The molecule has 0 aromatic heterocycles. The zero-order valence-electron chi connectivity index (χ0n) is 15.9. The molecule has 9 heteroatoms. The van der Waals surface area contributed by atoms with Crippen LogP contribution in [0, 0.1) is 29.2 Å². The minimum absolute atomic E-state index is 0.00926. The quantitative estimate of drug-likeness (QED) is 0.600. The lowest BCUT2D eigenvalue weighted by molar-refractivity contribution is -0.120. The zero-order chi connectivity index (χ0) is 20.6. The smallest absolute Gasteiger partial charge is 0.227 e. The molecule has 2 atom stereocenters. The van der Waals surface area contributed by atoms with Crippen LogP contribution < -0.4 is 16.0 Å². The Bertz CT molecular complexity index is 714. The third-order valence-corrected chi connectivity index (χ3v) is 5.37. The molecule has 1 heterocycles. The van der Waals surface area contributed by atoms with Gasteiger partial charge in [0.25, 0.3) is 0 Å². The SMILES string of the molecule is CC1CN(c2c(F)c(F)c(NC(=O)C3CCC(N)CC3)c(F)c2F)CC(C)O1. The number of ether oxygens (including phenoxy) is 1. The predicted octanol–water partition coefficient (Wildman–Crippen LogP) is 3.31. The van der Waals surface area contributed by atoms with Crippen molar-refractivity contribution in [3.63, 3.8) is 0 Å². The number of amides is 1. The molecule has 2 aliphatic rings. The van der Waals surface area contributed by atoms with Gasteiger partial charge in [0.1, 0.15) is 11.4 Å². The summed E-state index contributed by atoms with van der Waals surface area (Å²) >= 11 is 0. The molecule has 28 heavy (non-hydrogen) atoms. The minimum Gasteiger partial charge on any atom is -0.372 e. The summed E-state index contributed by atoms with van der Waals surface area (Å²) in [7, 11) is 0. The number of carbonyl (C=O) groups excluding carboxylic acids is 1. The van der Waals surface area contributed by atoms with Crippen molar-refractivity contribution in [3.8, 4) is 0 Å². The monoisotopic (exact) mass is 403 g/mol. The lowest BCUT2D eigenvalue weighted by Crippen LogP contribution is -2.46. The largest absolute Gasteiger partial charge is 0.372 e. The van der Waals surface area contributed by atoms with Crippen LogP contribution >= 0.6 is 0 Å². The first-order chi connectivity index (χ1) is 13.2. The van der Waals surface area contributed by atoms with Crippen molar-refractivity contribution >= 4 is 17.3 Å². The van der Waals surface area contributed by atoms with Crippen molar-refractivity contribution in [2.45, 2.75) is 57.8 Å². The average molecular weight is 403 g/mol. The van der Waals surface area contributed by atoms with Crippen LogP contribution in [-0.2, 0) is 9.53 Å². The van der Waals surface area contributed by atoms with Gasteiger partial charge in [-0.3, -0.25) is 4.79 Å². The fraction of sp³-hybridized carbons (Fsp3) is 0.632. The summed E-state index contributed by atoms with van der Waals surface area (Å²) in [6.45, 7) is 3.59. The molecule has 2 fully saturated rings. The maximum atomic E-state index is 14.7. The van der Waals surface area contributed by atoms with Crippen molar-refractivity contribution in [2.24, 2.45) is 11.7 Å². The van der Waals surface area contributed by atoms with E-state index < -0.39 is 46.5 Å². The van der Waals surface area contributed by atoms with E-state index in [1.807, 2.05) is 5.32 Å². The molecule has 0 radical (unpaired) electrons. The van der Waals surface area contributed by atoms with Crippen LogP contribution in [0.4, 0.5) is 28.9 Å². The van der Waals surface area contributed by atoms with E-state index in [1.165, 1.54) is 4.90 Å². The van der Waals surface area contributed by atoms with Crippen LogP contribution in [0.15, 0.2) is 0 Å². The first-order valence-corrected chi connectivity index (χ1v) is 9.51. The number of morpholine rings is 1. The number of hydrogen-bond acceptors (Lipinski definition) is 4. The summed E-state index contributed by atoms with van der Waals surface area (Å²) in [5.74, 6) is -7.43. The van der Waals surface area contributed by atoms with Crippen LogP contribution in [0.2, 0.25) is 0 Å². The highest BCUT2D eigenvalue weighted by Crippen LogP contribution is 2.36. The summed E-state index contributed by atoms with van der Waals surface area (Å²) in [4.78, 5) is 13.5. The molecule has 1 saturated carbocycles. The molecule has 2 unspecified atom stereocenters. The second kappa shape index (κ2) is 8.24. The minimum atomic E-state index is -1.61. The van der Waals surface area contributed by atoms with Crippen molar-refractivity contribution in [3.05, 3.63) is 23.3 Å². The number of nitrogens with two attached hydrogens (primary N) is 1. The third kappa shape index (κ3) is 4.10. The van der Waals surface area contributed by atoms with Gasteiger partial charge in [0.05, 0.1) is 12.2 Å². The van der Waals surface area contributed by atoms with E-state index in [0.717, 1.165) is 0 Å². The molecule has 1 aromatic carbocycles. The molecule has 5 nitrogen and oxygen atoms in total. The molecule has 1 saturated heterocycles. The zero-order valence-corrected chi connectivity index (χ0v) is 15.9. The standard InChI is InChI=1S/C19H25F4N3O2/c1-9-7-26(8-10(2)28-9)18-15(22)13(20)17(14(21)16(18)23)25-19(27)11-3-5-12(24)6-4-11/h9-12H,3-8,24H2,1-2H3,(H,25,27). The van der Waals surface area contributed by atoms with Crippen molar-refractivity contribution < 1.29 is 27.1 Å². The second-order valence-corrected chi connectivity index (χ2v) is 7.74. The molecule has 1 aromatic rings. The normalized spacial score (nSPS) is 28.3. The maximum absolute atomic E-state index is 14.7. The van der Waals surface area contributed by atoms with Gasteiger partial charge >= 0.3 is 0 Å². The Kier molecular flexibility index (Phi) is 6.14. The number of hydrogen-bond donors (Lipinski definition) is 2. The molecule has 1 amide bonds. The average Bonchev–Trinajstić information content (AvgIpc) is 2.63. The van der Waals surface area contributed by atoms with Crippen molar-refractivity contribution in [1.82, 2.24) is 0 Å². The van der Waals surface area contributed by atoms with Crippen LogP contribution in [0.5, 0.6) is 0 Å². The molecular formula is C19H25F4N3O2. The fourth-order valence-corrected chi connectivity index (χ4v) is 3.97. The summed E-state index contributed by atoms with van der Waals surface area (Å²) in [5.41, 5.74) is 3.91. The second-order valence-electron chi connectivity index (χ2n) is 7.74. The fourth-order valence-electron chi connectivity index (χ4n) is 3.97. The number of benzene rings is 1. The van der Waals surface area contributed by atoms with Gasteiger partial charge in [-0.1, -0.05) is 0 Å². The van der Waals surface area contributed by atoms with Crippen molar-refractivity contribution in [1.29, 1.82) is 0 Å². The summed E-state index contributed by atoms with van der Waals surface area (Å²) in [6, 6.07) is -0.00926. The Morgan fingerprint density at radius 2 is 1.46 bits per heavy atom. The summed E-state index contributed by atoms with van der Waals surface area (Å²) in [6.07, 6.45) is 1.43. The lowest BCUT2D eigenvalue weighted by atomic mass is 9.86. The number of halogens is 4. The molecule has 3 rings (SSSR count). The van der Waals surface area contributed by atoms with Gasteiger partial charge in [-0.05, 0) is 39.5 Å². The summed E-state index contributed by atoms with van der Waals surface area (Å²) < 4.78 is 63.9. The molecule has 1 aliphatic heterocycles. The van der Waals surface area contributed by atoms with Gasteiger partial charge in [-0.2, -0.15) is 0 Å². The number of nitrogens with zero attached hydrogens (tertiary/aromatic N) is 1. The lowest BCUT2D eigenvalue weighted by Gasteiger charge is -2.37. The van der Waals surface area contributed by atoms with Gasteiger partial charge in [-0.25, -0.2) is 17.6 Å². The van der Waals surface area contributed by atoms with E-state index in [-0.39, 0.29) is 31.3 Å². The van der Waals surface area contributed by atoms with Crippen LogP contribution in [0.25, 0.3) is 0 Å². The van der Waals surface area contributed by atoms with Gasteiger partial charge in [0.15, 0.2) is 23.3 Å².